The summed E-state index contributed by atoms with van der Waals surface area (Å²) in [6, 6.07) is 5.27. The molecule has 32 heavy (non-hydrogen) atoms. The van der Waals surface area contributed by atoms with Crippen LogP contribution in [-0.2, 0) is 16.2 Å². The van der Waals surface area contributed by atoms with Crippen molar-refractivity contribution in [3.63, 3.8) is 0 Å². The molecule has 6 nitrogen and oxygen atoms in total. The second-order valence-corrected chi connectivity index (χ2v) is 8.46. The summed E-state index contributed by atoms with van der Waals surface area (Å²) in [6.07, 6.45) is 3.92. The van der Waals surface area contributed by atoms with E-state index in [1.54, 1.807) is 25.3 Å². The second-order valence-electron chi connectivity index (χ2n) is 6.64. The van der Waals surface area contributed by atoms with E-state index in [2.05, 4.69) is 10.1 Å². The highest BCUT2D eigenvalue weighted by atomic mass is 35.5. The minimum absolute atomic E-state index is 0.121. The van der Waals surface area contributed by atoms with Gasteiger partial charge >= 0.3 is 0 Å². The predicted octanol–water partition coefficient (Wildman–Crippen LogP) is 6.75. The molecule has 0 unspecified atom stereocenters. The van der Waals surface area contributed by atoms with Crippen molar-refractivity contribution in [3.05, 3.63) is 61.8 Å². The smallest absolute Gasteiger partial charge is 0.147 e. The van der Waals surface area contributed by atoms with Crippen LogP contribution in [0.2, 0.25) is 10.0 Å². The first-order chi connectivity index (χ1) is 15.3. The molecular formula is C22H24Cl4N2O4. The number of rotatable bonds is 12. The van der Waals surface area contributed by atoms with Crippen LogP contribution in [0, 0.1) is 6.92 Å². The molecule has 0 aliphatic rings. The Labute approximate surface area is 208 Å². The van der Waals surface area contributed by atoms with E-state index < -0.39 is 0 Å². The minimum atomic E-state index is 0.121. The fourth-order valence-corrected chi connectivity index (χ4v) is 3.29. The predicted molar refractivity (Wildman–Crippen MR) is 130 cm³/mol. The SMILES string of the molecule is CO/N=C(/C)c1cc(OCC=C(Cl)Cl)cc(Cl)c1OCCCOCc1ncc(C)cc1Cl. The Balaban J connectivity index is 1.96. The van der Waals surface area contributed by atoms with Crippen molar-refractivity contribution < 1.29 is 19.0 Å². The van der Waals surface area contributed by atoms with Crippen LogP contribution in [0.25, 0.3) is 0 Å². The van der Waals surface area contributed by atoms with Gasteiger partial charge in [0.25, 0.3) is 0 Å². The van der Waals surface area contributed by atoms with Gasteiger partial charge in [-0.15, -0.1) is 0 Å². The fourth-order valence-electron chi connectivity index (χ4n) is 2.63. The maximum Gasteiger partial charge on any atom is 0.147 e. The number of halogens is 4. The summed E-state index contributed by atoms with van der Waals surface area (Å²) in [6.45, 7) is 5.09. The highest BCUT2D eigenvalue weighted by Crippen LogP contribution is 2.34. The number of ether oxygens (including phenoxy) is 3. The molecule has 0 spiro atoms. The van der Waals surface area contributed by atoms with Gasteiger partial charge in [0, 0.05) is 24.2 Å². The lowest BCUT2D eigenvalue weighted by Gasteiger charge is -2.15. The Morgan fingerprint density at radius 1 is 1.09 bits per heavy atom. The van der Waals surface area contributed by atoms with Crippen molar-refractivity contribution in [2.45, 2.75) is 26.9 Å². The molecule has 0 amide bonds. The zero-order valence-electron chi connectivity index (χ0n) is 18.0. The third-order valence-corrected chi connectivity index (χ3v) is 5.01. The monoisotopic (exact) mass is 520 g/mol. The number of pyridine rings is 1. The zero-order valence-corrected chi connectivity index (χ0v) is 21.0. The summed E-state index contributed by atoms with van der Waals surface area (Å²) < 4.78 is 17.3. The van der Waals surface area contributed by atoms with Gasteiger partial charge in [-0.3, -0.25) is 4.98 Å². The molecule has 0 aliphatic heterocycles. The topological polar surface area (TPSA) is 62.2 Å². The van der Waals surface area contributed by atoms with E-state index in [1.807, 2.05) is 13.0 Å². The molecule has 0 saturated heterocycles. The summed E-state index contributed by atoms with van der Waals surface area (Å²) in [5, 5.41) is 4.95. The maximum atomic E-state index is 6.45. The molecular weight excluding hydrogens is 498 g/mol. The second kappa shape index (κ2) is 13.8. The van der Waals surface area contributed by atoms with Gasteiger partial charge in [0.15, 0.2) is 0 Å². The molecule has 0 aliphatic carbocycles. The van der Waals surface area contributed by atoms with Crippen LogP contribution in [0.4, 0.5) is 0 Å². The first kappa shape index (κ1) is 26.6. The lowest BCUT2D eigenvalue weighted by Crippen LogP contribution is -2.08. The van der Waals surface area contributed by atoms with E-state index in [0.29, 0.717) is 64.8 Å². The number of oxime groups is 1. The van der Waals surface area contributed by atoms with Crippen LogP contribution < -0.4 is 9.47 Å². The molecule has 1 heterocycles. The molecule has 174 valence electrons. The highest BCUT2D eigenvalue weighted by Gasteiger charge is 2.15. The van der Waals surface area contributed by atoms with Gasteiger partial charge in [-0.05, 0) is 37.6 Å². The summed E-state index contributed by atoms with van der Waals surface area (Å²) in [4.78, 5) is 9.17. The third-order valence-electron chi connectivity index (χ3n) is 4.10. The van der Waals surface area contributed by atoms with Crippen LogP contribution in [0.3, 0.4) is 0 Å². The van der Waals surface area contributed by atoms with Gasteiger partial charge in [-0.2, -0.15) is 0 Å². The van der Waals surface area contributed by atoms with Crippen molar-refractivity contribution in [3.8, 4) is 11.5 Å². The lowest BCUT2D eigenvalue weighted by molar-refractivity contribution is 0.105. The molecule has 0 atom stereocenters. The number of benzene rings is 1. The first-order valence-corrected chi connectivity index (χ1v) is 11.2. The molecule has 0 N–H and O–H groups in total. The molecule has 2 rings (SSSR count). The van der Waals surface area contributed by atoms with Gasteiger partial charge in [-0.25, -0.2) is 0 Å². The highest BCUT2D eigenvalue weighted by molar-refractivity contribution is 6.55. The van der Waals surface area contributed by atoms with E-state index in [1.165, 1.54) is 13.2 Å². The summed E-state index contributed by atoms with van der Waals surface area (Å²) in [5.74, 6) is 0.992. The van der Waals surface area contributed by atoms with E-state index in [-0.39, 0.29) is 11.1 Å². The van der Waals surface area contributed by atoms with E-state index in [4.69, 9.17) is 65.5 Å². The Kier molecular flexibility index (Phi) is 11.4. The number of hydrogen-bond donors (Lipinski definition) is 0. The average molecular weight is 522 g/mol. The Bertz CT molecular complexity index is 963. The summed E-state index contributed by atoms with van der Waals surface area (Å²) in [5.41, 5.74) is 2.93. The van der Waals surface area contributed by atoms with Crippen LogP contribution in [-0.4, -0.2) is 37.6 Å². The standard InChI is InChI=1S/C22H24Cl4N2O4/c1-14-9-18(23)20(27-12-14)13-30-6-4-7-32-22-17(15(2)28-29-3)10-16(11-19(22)24)31-8-5-21(25)26/h5,9-12H,4,6-8,13H2,1-3H3/b28-15-. The van der Waals surface area contributed by atoms with Crippen molar-refractivity contribution in [1.82, 2.24) is 4.98 Å². The van der Waals surface area contributed by atoms with Gasteiger partial charge in [-0.1, -0.05) is 51.6 Å². The molecule has 0 saturated carbocycles. The minimum Gasteiger partial charge on any atom is -0.491 e. The molecule has 2 aromatic rings. The van der Waals surface area contributed by atoms with Gasteiger partial charge in [0.2, 0.25) is 0 Å². The maximum absolute atomic E-state index is 6.45. The largest absolute Gasteiger partial charge is 0.491 e. The number of aryl methyl sites for hydroxylation is 1. The van der Waals surface area contributed by atoms with Crippen LogP contribution in [0.15, 0.2) is 40.1 Å². The van der Waals surface area contributed by atoms with Crippen molar-refractivity contribution in [2.24, 2.45) is 5.16 Å². The molecule has 10 heteroatoms. The number of aromatic nitrogens is 1. The molecule has 0 radical (unpaired) electrons. The molecule has 1 aromatic heterocycles. The Hall–Kier alpha value is -1.70. The normalized spacial score (nSPS) is 11.3. The van der Waals surface area contributed by atoms with E-state index >= 15 is 0 Å². The quantitative estimate of drug-likeness (QED) is 0.175. The van der Waals surface area contributed by atoms with Gasteiger partial charge in [0.05, 0.1) is 41.3 Å². The van der Waals surface area contributed by atoms with Crippen molar-refractivity contribution in [1.29, 1.82) is 0 Å². The Morgan fingerprint density at radius 3 is 2.56 bits per heavy atom. The van der Waals surface area contributed by atoms with E-state index in [9.17, 15) is 0 Å². The summed E-state index contributed by atoms with van der Waals surface area (Å²) in [7, 11) is 1.46. The molecule has 1 aromatic carbocycles. The zero-order chi connectivity index (χ0) is 23.5. The number of nitrogens with zero attached hydrogens (tertiary/aromatic N) is 2. The van der Waals surface area contributed by atoms with Crippen LogP contribution in [0.5, 0.6) is 11.5 Å². The summed E-state index contributed by atoms with van der Waals surface area (Å²) >= 11 is 23.8. The number of hydrogen-bond acceptors (Lipinski definition) is 6. The average Bonchev–Trinajstić information content (AvgIpc) is 2.72. The lowest BCUT2D eigenvalue weighted by atomic mass is 10.1. The van der Waals surface area contributed by atoms with Crippen LogP contribution in [0.1, 0.15) is 30.2 Å². The first-order valence-electron chi connectivity index (χ1n) is 9.69. The molecule has 0 fully saturated rings. The van der Waals surface area contributed by atoms with Gasteiger partial charge in [0.1, 0.15) is 29.7 Å². The van der Waals surface area contributed by atoms with Gasteiger partial charge < -0.3 is 19.0 Å². The Morgan fingerprint density at radius 2 is 1.88 bits per heavy atom. The van der Waals surface area contributed by atoms with E-state index in [0.717, 1.165) is 5.56 Å². The van der Waals surface area contributed by atoms with Crippen molar-refractivity contribution >= 4 is 52.1 Å². The van der Waals surface area contributed by atoms with Crippen LogP contribution >= 0.6 is 46.4 Å². The fraction of sp³-hybridized carbons (Fsp3) is 0.364. The van der Waals surface area contributed by atoms with Crippen molar-refractivity contribution in [2.75, 3.05) is 26.9 Å². The molecule has 0 bridgehead atoms. The third kappa shape index (κ3) is 8.68.